The van der Waals surface area contributed by atoms with Gasteiger partial charge >= 0.3 is 0 Å². The summed E-state index contributed by atoms with van der Waals surface area (Å²) in [5.41, 5.74) is 1.64. The van der Waals surface area contributed by atoms with Crippen molar-refractivity contribution in [1.29, 1.82) is 0 Å². The highest BCUT2D eigenvalue weighted by atomic mass is 16.5. The number of ether oxygens (including phenoxy) is 3. The van der Waals surface area contributed by atoms with Crippen LogP contribution in [0.5, 0.6) is 17.2 Å². The van der Waals surface area contributed by atoms with Crippen LogP contribution in [0.1, 0.15) is 48.0 Å². The number of rotatable bonds is 9. The molecule has 0 spiro atoms. The van der Waals surface area contributed by atoms with Crippen molar-refractivity contribution in [3.05, 3.63) is 53.6 Å². The summed E-state index contributed by atoms with van der Waals surface area (Å²) in [4.78, 5) is 15.3. The Balaban J connectivity index is 1.46. The molecule has 2 aliphatic rings. The van der Waals surface area contributed by atoms with E-state index in [2.05, 4.69) is 12.1 Å². The summed E-state index contributed by atoms with van der Waals surface area (Å²) in [5.74, 6) is 2.82. The first-order valence-corrected chi connectivity index (χ1v) is 10.4. The second-order valence-electron chi connectivity index (χ2n) is 7.98. The van der Waals surface area contributed by atoms with Crippen molar-refractivity contribution in [2.24, 2.45) is 5.92 Å². The highest BCUT2D eigenvalue weighted by molar-refractivity contribution is 5.97. The van der Waals surface area contributed by atoms with Gasteiger partial charge in [-0.1, -0.05) is 18.6 Å². The Morgan fingerprint density at radius 2 is 1.69 bits per heavy atom. The van der Waals surface area contributed by atoms with Crippen LogP contribution in [-0.4, -0.2) is 37.7 Å². The quantitative estimate of drug-likeness (QED) is 0.618. The third-order valence-corrected chi connectivity index (χ3v) is 5.87. The second-order valence-corrected chi connectivity index (χ2v) is 7.98. The molecular weight excluding hydrogens is 366 g/mol. The fraction of sp³-hybridized carbons (Fsp3) is 0.458. The van der Waals surface area contributed by atoms with Crippen LogP contribution in [0.4, 0.5) is 0 Å². The van der Waals surface area contributed by atoms with Gasteiger partial charge in [-0.25, -0.2) is 0 Å². The lowest BCUT2D eigenvalue weighted by atomic mass is 9.86. The van der Waals surface area contributed by atoms with E-state index in [9.17, 15) is 4.79 Å². The van der Waals surface area contributed by atoms with Gasteiger partial charge in [0.15, 0.2) is 0 Å². The van der Waals surface area contributed by atoms with Crippen molar-refractivity contribution in [3.8, 4) is 17.2 Å². The zero-order valence-electron chi connectivity index (χ0n) is 17.2. The normalized spacial score (nSPS) is 16.1. The van der Waals surface area contributed by atoms with E-state index in [1.165, 1.54) is 19.3 Å². The van der Waals surface area contributed by atoms with Crippen LogP contribution in [0.3, 0.4) is 0 Å². The Bertz CT molecular complexity index is 840. The molecule has 2 fully saturated rings. The zero-order valence-corrected chi connectivity index (χ0v) is 17.2. The third-order valence-electron chi connectivity index (χ3n) is 5.87. The van der Waals surface area contributed by atoms with Crippen LogP contribution >= 0.6 is 0 Å². The summed E-state index contributed by atoms with van der Waals surface area (Å²) in [6.07, 6.45) is 5.98. The number of nitrogens with zero attached hydrogens (tertiary/aromatic N) is 1. The van der Waals surface area contributed by atoms with Gasteiger partial charge in [-0.2, -0.15) is 0 Å². The molecule has 2 aromatic carbocycles. The number of carbonyl (C=O) groups excluding carboxylic acids is 1. The van der Waals surface area contributed by atoms with Crippen molar-refractivity contribution < 1.29 is 19.0 Å². The molecule has 0 heterocycles. The van der Waals surface area contributed by atoms with E-state index in [4.69, 9.17) is 14.2 Å². The van der Waals surface area contributed by atoms with E-state index in [0.717, 1.165) is 36.7 Å². The van der Waals surface area contributed by atoms with E-state index in [-0.39, 0.29) is 11.9 Å². The molecule has 0 saturated heterocycles. The summed E-state index contributed by atoms with van der Waals surface area (Å²) in [6.45, 7) is 1.38. The second kappa shape index (κ2) is 8.76. The molecule has 0 N–H and O–H groups in total. The SMILES string of the molecule is COc1ccc(OC)c(C(=O)N(Cc2ccc(OCC3CCC3)cc2)C2CC2)c1. The van der Waals surface area contributed by atoms with E-state index >= 15 is 0 Å². The molecule has 0 aliphatic heterocycles. The molecule has 2 aliphatic carbocycles. The van der Waals surface area contributed by atoms with Gasteiger partial charge in [-0.05, 0) is 67.5 Å². The van der Waals surface area contributed by atoms with Crippen molar-refractivity contribution in [2.45, 2.75) is 44.7 Å². The van der Waals surface area contributed by atoms with Crippen LogP contribution in [0, 0.1) is 5.92 Å². The monoisotopic (exact) mass is 395 g/mol. The summed E-state index contributed by atoms with van der Waals surface area (Å²) in [6, 6.07) is 13.8. The molecule has 0 bridgehead atoms. The minimum atomic E-state index is -0.0199. The number of hydrogen-bond donors (Lipinski definition) is 0. The van der Waals surface area contributed by atoms with Crippen molar-refractivity contribution in [1.82, 2.24) is 4.90 Å². The average molecular weight is 395 g/mol. The lowest BCUT2D eigenvalue weighted by Gasteiger charge is -2.25. The maximum Gasteiger partial charge on any atom is 0.258 e. The number of carbonyl (C=O) groups is 1. The number of amides is 1. The molecule has 2 aromatic rings. The van der Waals surface area contributed by atoms with Crippen LogP contribution in [0.15, 0.2) is 42.5 Å². The molecule has 1 amide bonds. The number of benzene rings is 2. The molecule has 154 valence electrons. The van der Waals surface area contributed by atoms with Crippen LogP contribution < -0.4 is 14.2 Å². The highest BCUT2D eigenvalue weighted by Crippen LogP contribution is 2.33. The molecular formula is C24H29NO4. The molecule has 5 nitrogen and oxygen atoms in total. The zero-order chi connectivity index (χ0) is 20.2. The fourth-order valence-corrected chi connectivity index (χ4v) is 3.65. The lowest BCUT2D eigenvalue weighted by molar-refractivity contribution is 0.0726. The standard InChI is InChI=1S/C24H29NO4/c1-27-21-12-13-23(28-2)22(14-21)24(26)25(19-8-9-19)15-17-6-10-20(11-7-17)29-16-18-4-3-5-18/h6-7,10-14,18-19H,3-5,8-9,15-16H2,1-2H3. The largest absolute Gasteiger partial charge is 0.497 e. The van der Waals surface area contributed by atoms with Gasteiger partial charge in [-0.15, -0.1) is 0 Å². The van der Waals surface area contributed by atoms with E-state index in [0.29, 0.717) is 23.6 Å². The minimum Gasteiger partial charge on any atom is -0.497 e. The molecule has 4 rings (SSSR count). The maximum absolute atomic E-state index is 13.3. The Kier molecular flexibility index (Phi) is 5.93. The first kappa shape index (κ1) is 19.6. The van der Waals surface area contributed by atoms with Gasteiger partial charge in [0.05, 0.1) is 26.4 Å². The van der Waals surface area contributed by atoms with Gasteiger partial charge in [0.2, 0.25) is 0 Å². The Morgan fingerprint density at radius 1 is 0.966 bits per heavy atom. The van der Waals surface area contributed by atoms with E-state index in [1.807, 2.05) is 17.0 Å². The molecule has 0 unspecified atom stereocenters. The van der Waals surface area contributed by atoms with Crippen molar-refractivity contribution in [3.63, 3.8) is 0 Å². The Morgan fingerprint density at radius 3 is 2.28 bits per heavy atom. The van der Waals surface area contributed by atoms with Gasteiger partial charge < -0.3 is 19.1 Å². The summed E-state index contributed by atoms with van der Waals surface area (Å²) < 4.78 is 16.6. The molecule has 5 heteroatoms. The topological polar surface area (TPSA) is 48.0 Å². The molecule has 29 heavy (non-hydrogen) atoms. The Labute approximate surface area is 172 Å². The molecule has 0 radical (unpaired) electrons. The first-order valence-electron chi connectivity index (χ1n) is 10.4. The summed E-state index contributed by atoms with van der Waals surface area (Å²) in [7, 11) is 3.19. The van der Waals surface area contributed by atoms with Gasteiger partial charge in [-0.3, -0.25) is 4.79 Å². The predicted octanol–water partition coefficient (Wildman–Crippen LogP) is 4.69. The molecule has 2 saturated carbocycles. The maximum atomic E-state index is 13.3. The fourth-order valence-electron chi connectivity index (χ4n) is 3.65. The van der Waals surface area contributed by atoms with Gasteiger partial charge in [0.1, 0.15) is 17.2 Å². The minimum absolute atomic E-state index is 0.0199. The van der Waals surface area contributed by atoms with Gasteiger partial charge in [0, 0.05) is 12.6 Å². The third kappa shape index (κ3) is 4.66. The molecule has 0 atom stereocenters. The first-order chi connectivity index (χ1) is 14.2. The van der Waals surface area contributed by atoms with Crippen LogP contribution in [-0.2, 0) is 6.54 Å². The summed E-state index contributed by atoms with van der Waals surface area (Å²) in [5, 5.41) is 0. The van der Waals surface area contributed by atoms with E-state index in [1.54, 1.807) is 32.4 Å². The number of hydrogen-bond acceptors (Lipinski definition) is 4. The van der Waals surface area contributed by atoms with Gasteiger partial charge in [0.25, 0.3) is 5.91 Å². The highest BCUT2D eigenvalue weighted by Gasteiger charge is 2.34. The van der Waals surface area contributed by atoms with E-state index < -0.39 is 0 Å². The van der Waals surface area contributed by atoms with Crippen LogP contribution in [0.2, 0.25) is 0 Å². The average Bonchev–Trinajstić information content (AvgIpc) is 3.56. The lowest BCUT2D eigenvalue weighted by Crippen LogP contribution is -2.32. The Hall–Kier alpha value is -2.69. The van der Waals surface area contributed by atoms with Crippen molar-refractivity contribution in [2.75, 3.05) is 20.8 Å². The number of methoxy groups -OCH3 is 2. The smallest absolute Gasteiger partial charge is 0.258 e. The predicted molar refractivity (Wildman–Crippen MR) is 112 cm³/mol. The molecule has 0 aromatic heterocycles. The van der Waals surface area contributed by atoms with Crippen LogP contribution in [0.25, 0.3) is 0 Å². The summed E-state index contributed by atoms with van der Waals surface area (Å²) >= 11 is 0. The van der Waals surface area contributed by atoms with Crippen molar-refractivity contribution >= 4 is 5.91 Å².